The van der Waals surface area contributed by atoms with E-state index in [1.165, 1.54) is 0 Å². The number of aromatic nitrogens is 2. The smallest absolute Gasteiger partial charge is 0.249 e. The van der Waals surface area contributed by atoms with Crippen LogP contribution in [0.5, 0.6) is 0 Å². The lowest BCUT2D eigenvalue weighted by Crippen LogP contribution is -2.41. The lowest BCUT2D eigenvalue weighted by atomic mass is 9.94. The summed E-state index contributed by atoms with van der Waals surface area (Å²) >= 11 is 9.36. The second-order valence-electron chi connectivity index (χ2n) is 6.64. The van der Waals surface area contributed by atoms with Gasteiger partial charge in [-0.2, -0.15) is 4.98 Å². The van der Waals surface area contributed by atoms with Crippen LogP contribution in [-0.2, 0) is 4.79 Å². The average Bonchev–Trinajstić information content (AvgIpc) is 3.23. The van der Waals surface area contributed by atoms with Crippen LogP contribution in [-0.4, -0.2) is 33.4 Å². The molecule has 1 unspecified atom stereocenters. The predicted molar refractivity (Wildman–Crippen MR) is 95.6 cm³/mol. The number of carbonyl (C=O) groups excluding carboxylic acids is 1. The third-order valence-corrected chi connectivity index (χ3v) is 5.45. The standard InChI is InChI=1S/C17H19BrClN3O2/c1-17(2,10-19)16(23)22-9-3-4-13(22)15-20-14(21-24-15)11-5-7-12(18)8-6-11/h5-8,13H,3-4,9-10H2,1-2H3. The molecule has 1 aliphatic rings. The normalized spacial score (nSPS) is 18.2. The predicted octanol–water partition coefficient (Wildman–Crippen LogP) is 4.43. The van der Waals surface area contributed by atoms with E-state index in [9.17, 15) is 4.79 Å². The molecule has 128 valence electrons. The van der Waals surface area contributed by atoms with Crippen LogP contribution in [0.15, 0.2) is 33.3 Å². The number of hydrogen-bond donors (Lipinski definition) is 0. The number of alkyl halides is 1. The molecule has 1 aromatic heterocycles. The van der Waals surface area contributed by atoms with Crippen molar-refractivity contribution in [2.45, 2.75) is 32.7 Å². The number of carbonyl (C=O) groups is 1. The minimum atomic E-state index is -0.599. The Labute approximate surface area is 154 Å². The Morgan fingerprint density at radius 1 is 1.42 bits per heavy atom. The van der Waals surface area contributed by atoms with Crippen LogP contribution >= 0.6 is 27.5 Å². The van der Waals surface area contributed by atoms with E-state index in [0.29, 0.717) is 18.3 Å². The summed E-state index contributed by atoms with van der Waals surface area (Å²) in [5.41, 5.74) is 0.281. The third-order valence-electron chi connectivity index (χ3n) is 4.26. The van der Waals surface area contributed by atoms with Crippen LogP contribution < -0.4 is 0 Å². The van der Waals surface area contributed by atoms with Crippen molar-refractivity contribution in [2.24, 2.45) is 5.41 Å². The van der Waals surface area contributed by atoms with Crippen molar-refractivity contribution in [2.75, 3.05) is 12.4 Å². The molecular weight excluding hydrogens is 394 g/mol. The first-order valence-corrected chi connectivity index (χ1v) is 9.22. The highest BCUT2D eigenvalue weighted by Crippen LogP contribution is 2.35. The molecule has 0 radical (unpaired) electrons. The Morgan fingerprint density at radius 2 is 2.12 bits per heavy atom. The number of likely N-dealkylation sites (tertiary alicyclic amines) is 1. The molecule has 1 aromatic carbocycles. The number of amides is 1. The summed E-state index contributed by atoms with van der Waals surface area (Å²) in [4.78, 5) is 19.1. The fraction of sp³-hybridized carbons (Fsp3) is 0.471. The molecule has 0 bridgehead atoms. The highest BCUT2D eigenvalue weighted by atomic mass is 79.9. The van der Waals surface area contributed by atoms with Gasteiger partial charge in [-0.25, -0.2) is 0 Å². The second-order valence-corrected chi connectivity index (χ2v) is 7.82. The van der Waals surface area contributed by atoms with E-state index in [1.54, 1.807) is 0 Å². The Balaban J connectivity index is 1.83. The Bertz CT molecular complexity index is 730. The van der Waals surface area contributed by atoms with E-state index in [-0.39, 0.29) is 17.8 Å². The SMILES string of the molecule is CC(C)(CCl)C(=O)N1CCCC1c1nc(-c2ccc(Br)cc2)no1. The van der Waals surface area contributed by atoms with E-state index >= 15 is 0 Å². The summed E-state index contributed by atoms with van der Waals surface area (Å²) in [6, 6.07) is 7.54. The molecule has 0 aliphatic carbocycles. The van der Waals surface area contributed by atoms with E-state index in [1.807, 2.05) is 43.0 Å². The van der Waals surface area contributed by atoms with Gasteiger partial charge in [0.2, 0.25) is 17.6 Å². The molecule has 2 heterocycles. The van der Waals surface area contributed by atoms with Crippen molar-refractivity contribution in [3.8, 4) is 11.4 Å². The highest BCUT2D eigenvalue weighted by Gasteiger charge is 2.40. The van der Waals surface area contributed by atoms with Crippen LogP contribution in [0.4, 0.5) is 0 Å². The molecule has 1 fully saturated rings. The van der Waals surface area contributed by atoms with Gasteiger partial charge in [-0.1, -0.05) is 21.1 Å². The molecule has 1 saturated heterocycles. The Hall–Kier alpha value is -1.40. The van der Waals surface area contributed by atoms with Gasteiger partial charge in [-0.15, -0.1) is 11.6 Å². The minimum Gasteiger partial charge on any atom is -0.337 e. The lowest BCUT2D eigenvalue weighted by Gasteiger charge is -2.30. The number of benzene rings is 1. The molecule has 1 aliphatic heterocycles. The van der Waals surface area contributed by atoms with Gasteiger partial charge < -0.3 is 9.42 Å². The molecule has 0 saturated carbocycles. The summed E-state index contributed by atoms with van der Waals surface area (Å²) in [5, 5.41) is 4.07. The van der Waals surface area contributed by atoms with Crippen LogP contribution in [0.2, 0.25) is 0 Å². The van der Waals surface area contributed by atoms with Crippen molar-refractivity contribution in [1.29, 1.82) is 0 Å². The maximum Gasteiger partial charge on any atom is 0.249 e. The zero-order valence-electron chi connectivity index (χ0n) is 13.6. The largest absolute Gasteiger partial charge is 0.337 e. The summed E-state index contributed by atoms with van der Waals surface area (Å²) < 4.78 is 6.45. The Morgan fingerprint density at radius 3 is 2.79 bits per heavy atom. The van der Waals surface area contributed by atoms with Gasteiger partial charge in [-0.3, -0.25) is 4.79 Å². The van der Waals surface area contributed by atoms with Crippen LogP contribution in [0.1, 0.15) is 38.6 Å². The van der Waals surface area contributed by atoms with Gasteiger partial charge >= 0.3 is 0 Å². The number of hydrogen-bond acceptors (Lipinski definition) is 4. The molecular formula is C17H19BrClN3O2. The number of nitrogens with zero attached hydrogens (tertiary/aromatic N) is 3. The Kier molecular flexibility index (Phi) is 4.97. The molecule has 1 atom stereocenters. The van der Waals surface area contributed by atoms with Crippen LogP contribution in [0, 0.1) is 5.41 Å². The molecule has 0 spiro atoms. The van der Waals surface area contributed by atoms with Crippen LogP contribution in [0.3, 0.4) is 0 Å². The average molecular weight is 413 g/mol. The topological polar surface area (TPSA) is 59.2 Å². The van der Waals surface area contributed by atoms with Crippen molar-refractivity contribution in [3.05, 3.63) is 34.6 Å². The highest BCUT2D eigenvalue weighted by molar-refractivity contribution is 9.10. The van der Waals surface area contributed by atoms with Gasteiger partial charge in [0.15, 0.2) is 0 Å². The van der Waals surface area contributed by atoms with E-state index in [0.717, 1.165) is 22.9 Å². The zero-order valence-corrected chi connectivity index (χ0v) is 16.0. The third kappa shape index (κ3) is 3.35. The monoisotopic (exact) mass is 411 g/mol. The lowest BCUT2D eigenvalue weighted by molar-refractivity contribution is -0.140. The van der Waals surface area contributed by atoms with Gasteiger partial charge in [0.1, 0.15) is 6.04 Å². The summed E-state index contributed by atoms with van der Waals surface area (Å²) in [5.74, 6) is 1.34. The van der Waals surface area contributed by atoms with Crippen molar-refractivity contribution >= 4 is 33.4 Å². The van der Waals surface area contributed by atoms with Gasteiger partial charge in [0.25, 0.3) is 0 Å². The number of halogens is 2. The minimum absolute atomic E-state index is 0.0309. The van der Waals surface area contributed by atoms with Gasteiger partial charge in [-0.05, 0) is 51.0 Å². The molecule has 7 heteroatoms. The van der Waals surface area contributed by atoms with E-state index < -0.39 is 5.41 Å². The van der Waals surface area contributed by atoms with E-state index in [2.05, 4.69) is 26.1 Å². The summed E-state index contributed by atoms with van der Waals surface area (Å²) in [6.45, 7) is 4.41. The van der Waals surface area contributed by atoms with Crippen LogP contribution in [0.25, 0.3) is 11.4 Å². The molecule has 1 amide bonds. The van der Waals surface area contributed by atoms with Crippen molar-refractivity contribution < 1.29 is 9.32 Å². The first-order chi connectivity index (χ1) is 11.4. The molecule has 24 heavy (non-hydrogen) atoms. The first kappa shape index (κ1) is 17.4. The maximum atomic E-state index is 12.7. The van der Waals surface area contributed by atoms with Crippen molar-refractivity contribution in [1.82, 2.24) is 15.0 Å². The zero-order chi connectivity index (χ0) is 17.3. The molecule has 2 aromatic rings. The summed E-state index contributed by atoms with van der Waals surface area (Å²) in [7, 11) is 0. The quantitative estimate of drug-likeness (QED) is 0.697. The van der Waals surface area contributed by atoms with Gasteiger partial charge in [0, 0.05) is 22.5 Å². The maximum absolute atomic E-state index is 12.7. The fourth-order valence-corrected chi connectivity index (χ4v) is 3.18. The van der Waals surface area contributed by atoms with E-state index in [4.69, 9.17) is 16.1 Å². The fourth-order valence-electron chi connectivity index (χ4n) is 2.80. The molecule has 0 N–H and O–H groups in total. The second kappa shape index (κ2) is 6.84. The van der Waals surface area contributed by atoms with Gasteiger partial charge in [0.05, 0.1) is 5.41 Å². The van der Waals surface area contributed by atoms with Crippen molar-refractivity contribution in [3.63, 3.8) is 0 Å². The number of rotatable bonds is 4. The molecule has 3 rings (SSSR count). The first-order valence-electron chi connectivity index (χ1n) is 7.89. The molecule has 5 nitrogen and oxygen atoms in total. The summed E-state index contributed by atoms with van der Waals surface area (Å²) in [6.07, 6.45) is 1.75.